The van der Waals surface area contributed by atoms with Gasteiger partial charge in [0.05, 0.1) is 11.6 Å². The lowest BCUT2D eigenvalue weighted by atomic mass is 9.58. The second kappa shape index (κ2) is 12.8. The third-order valence-corrected chi connectivity index (χ3v) is 10.5. The molecule has 2 aliphatic heterocycles. The van der Waals surface area contributed by atoms with Crippen LogP contribution in [0.5, 0.6) is 0 Å². The van der Waals surface area contributed by atoms with Crippen molar-refractivity contribution in [2.75, 3.05) is 44.7 Å². The largest absolute Gasteiger partial charge is 0.371 e. The Morgan fingerprint density at radius 2 is 1.79 bits per heavy atom. The fourth-order valence-electron chi connectivity index (χ4n) is 8.32. The van der Waals surface area contributed by atoms with E-state index in [4.69, 9.17) is 5.26 Å². The molecule has 8 heteroatoms. The molecule has 43 heavy (non-hydrogen) atoms. The average molecular weight is 580 g/mol. The lowest BCUT2D eigenvalue weighted by Gasteiger charge is -2.51. The number of nitrogens with one attached hydrogen (secondary N) is 2. The molecule has 1 aromatic heterocycles. The number of anilines is 1. The number of likely N-dealkylation sites (tertiary alicyclic amines) is 1. The number of nitriles is 1. The summed E-state index contributed by atoms with van der Waals surface area (Å²) >= 11 is 0. The van der Waals surface area contributed by atoms with Gasteiger partial charge in [-0.3, -0.25) is 0 Å². The monoisotopic (exact) mass is 579 g/mol. The predicted molar refractivity (Wildman–Crippen MR) is 170 cm³/mol. The van der Waals surface area contributed by atoms with Crippen molar-refractivity contribution >= 4 is 11.7 Å². The maximum absolute atomic E-state index is 12.6. The second-order valence-electron chi connectivity index (χ2n) is 12.9. The maximum Gasteiger partial charge on any atom is 0.314 e. The van der Waals surface area contributed by atoms with Crippen molar-refractivity contribution in [3.05, 3.63) is 83.9 Å². The van der Waals surface area contributed by atoms with Gasteiger partial charge < -0.3 is 25.0 Å². The molecule has 3 fully saturated rings. The second-order valence-corrected chi connectivity index (χ2v) is 12.9. The number of aryl methyl sites for hydroxylation is 1. The van der Waals surface area contributed by atoms with E-state index in [0.717, 1.165) is 77.2 Å². The Balaban J connectivity index is 1.20. The van der Waals surface area contributed by atoms with Crippen LogP contribution in [0.2, 0.25) is 0 Å². The van der Waals surface area contributed by atoms with E-state index in [0.29, 0.717) is 23.3 Å². The number of carbonyl (C=O) groups is 1. The molecule has 6 rings (SSSR count). The molecule has 0 radical (unpaired) electrons. The number of urea groups is 1. The van der Waals surface area contributed by atoms with E-state index >= 15 is 0 Å². The SMILES string of the molecule is CNC(=O)NC1CCCC1C(Cn1ccnc1C)(c1ccccc1)C1CCN(CC2CN(c3ccc(C#N)cc3)C2)CC1. The zero-order chi connectivity index (χ0) is 29.8. The zero-order valence-corrected chi connectivity index (χ0v) is 25.6. The van der Waals surface area contributed by atoms with Crippen molar-refractivity contribution in [2.45, 2.75) is 57.0 Å². The molecule has 3 heterocycles. The number of amides is 2. The number of piperidine rings is 1. The topological polar surface area (TPSA) is 89.2 Å². The van der Waals surface area contributed by atoms with Crippen LogP contribution in [0.25, 0.3) is 0 Å². The van der Waals surface area contributed by atoms with Crippen LogP contribution >= 0.6 is 0 Å². The van der Waals surface area contributed by atoms with Crippen LogP contribution in [-0.2, 0) is 12.0 Å². The minimum absolute atomic E-state index is 0.0805. The van der Waals surface area contributed by atoms with Crippen molar-refractivity contribution in [3.8, 4) is 6.07 Å². The molecule has 3 aromatic rings. The van der Waals surface area contributed by atoms with Gasteiger partial charge in [0.25, 0.3) is 0 Å². The van der Waals surface area contributed by atoms with Crippen LogP contribution in [-0.4, -0.2) is 66.3 Å². The fourth-order valence-corrected chi connectivity index (χ4v) is 8.32. The Morgan fingerprint density at radius 1 is 1.05 bits per heavy atom. The lowest BCUT2D eigenvalue weighted by Crippen LogP contribution is -2.57. The Morgan fingerprint density at radius 3 is 2.44 bits per heavy atom. The number of carbonyl (C=O) groups excluding carboxylic acids is 1. The highest BCUT2D eigenvalue weighted by molar-refractivity contribution is 5.73. The smallest absolute Gasteiger partial charge is 0.314 e. The summed E-state index contributed by atoms with van der Waals surface area (Å²) in [7, 11) is 1.71. The van der Waals surface area contributed by atoms with Gasteiger partial charge in [-0.2, -0.15) is 5.26 Å². The molecule has 3 unspecified atom stereocenters. The highest BCUT2D eigenvalue weighted by atomic mass is 16.2. The van der Waals surface area contributed by atoms with Gasteiger partial charge in [-0.15, -0.1) is 0 Å². The van der Waals surface area contributed by atoms with Gasteiger partial charge in [0.2, 0.25) is 0 Å². The summed E-state index contributed by atoms with van der Waals surface area (Å²) in [4.78, 5) is 22.3. The van der Waals surface area contributed by atoms with E-state index in [9.17, 15) is 4.79 Å². The standard InChI is InChI=1S/C35H45N7O/c1-26-38-17-20-41(26)25-35(29-7-4-3-5-8-29,32-9-6-10-33(32)39-34(43)37-2)30-15-18-40(19-16-30)22-28-23-42(24-28)31-13-11-27(21-36)12-14-31/h3-5,7-8,11-14,17,20,28,30,32-33H,6,9-10,15-16,18-19,22-25H2,1-2H3,(H2,37,39,43). The van der Waals surface area contributed by atoms with E-state index in [1.165, 1.54) is 11.3 Å². The predicted octanol–water partition coefficient (Wildman–Crippen LogP) is 4.95. The molecular weight excluding hydrogens is 534 g/mol. The Kier molecular flexibility index (Phi) is 8.71. The number of hydrogen-bond donors (Lipinski definition) is 2. The first-order valence-electron chi connectivity index (χ1n) is 16.0. The molecule has 3 atom stereocenters. The number of rotatable bonds is 9. The third-order valence-electron chi connectivity index (χ3n) is 10.5. The third kappa shape index (κ3) is 6.01. The lowest BCUT2D eigenvalue weighted by molar-refractivity contribution is 0.0563. The van der Waals surface area contributed by atoms with E-state index in [2.05, 4.69) is 91.6 Å². The van der Waals surface area contributed by atoms with Gasteiger partial charge >= 0.3 is 6.03 Å². The van der Waals surface area contributed by atoms with E-state index in [1.54, 1.807) is 7.05 Å². The van der Waals surface area contributed by atoms with Gasteiger partial charge in [-0.25, -0.2) is 9.78 Å². The first-order chi connectivity index (χ1) is 21.0. The van der Waals surface area contributed by atoms with Crippen molar-refractivity contribution in [1.82, 2.24) is 25.1 Å². The summed E-state index contributed by atoms with van der Waals surface area (Å²) in [6.07, 6.45) is 9.62. The first kappa shape index (κ1) is 29.3. The molecule has 0 bridgehead atoms. The Hall–Kier alpha value is -3.83. The molecule has 2 amide bonds. The normalized spacial score (nSPS) is 22.9. The van der Waals surface area contributed by atoms with Gasteiger partial charge in [-0.05, 0) is 87.4 Å². The molecule has 1 saturated carbocycles. The van der Waals surface area contributed by atoms with Crippen LogP contribution in [0.3, 0.4) is 0 Å². The van der Waals surface area contributed by atoms with E-state index in [-0.39, 0.29) is 17.5 Å². The molecule has 226 valence electrons. The highest BCUT2D eigenvalue weighted by Gasteiger charge is 2.52. The molecular formula is C35H45N7O. The number of aromatic nitrogens is 2. The van der Waals surface area contributed by atoms with Crippen molar-refractivity contribution in [1.29, 1.82) is 5.26 Å². The minimum Gasteiger partial charge on any atom is -0.371 e. The Labute approximate surface area is 256 Å². The van der Waals surface area contributed by atoms with Crippen LogP contribution in [0.15, 0.2) is 67.0 Å². The van der Waals surface area contributed by atoms with Crippen LogP contribution in [0.1, 0.15) is 49.1 Å². The minimum atomic E-state index is -0.107. The van der Waals surface area contributed by atoms with Gasteiger partial charge in [0.1, 0.15) is 5.82 Å². The first-order valence-corrected chi connectivity index (χ1v) is 16.0. The number of benzene rings is 2. The molecule has 8 nitrogen and oxygen atoms in total. The van der Waals surface area contributed by atoms with Gasteiger partial charge in [-0.1, -0.05) is 36.8 Å². The number of hydrogen-bond acceptors (Lipinski definition) is 5. The molecule has 3 aliphatic rings. The number of nitrogens with zero attached hydrogens (tertiary/aromatic N) is 5. The summed E-state index contributed by atoms with van der Waals surface area (Å²) in [5.74, 6) is 2.57. The van der Waals surface area contributed by atoms with Crippen molar-refractivity contribution in [3.63, 3.8) is 0 Å². The Bertz CT molecular complexity index is 1400. The van der Waals surface area contributed by atoms with Gasteiger partial charge in [0.15, 0.2) is 0 Å². The average Bonchev–Trinajstić information content (AvgIpc) is 3.66. The molecule has 2 saturated heterocycles. The quantitative estimate of drug-likeness (QED) is 0.375. The molecule has 1 aliphatic carbocycles. The van der Waals surface area contributed by atoms with E-state index in [1.807, 2.05) is 18.3 Å². The van der Waals surface area contributed by atoms with Crippen LogP contribution in [0, 0.1) is 36.0 Å². The fraction of sp³-hybridized carbons (Fsp3) is 0.514. The summed E-state index contributed by atoms with van der Waals surface area (Å²) in [5, 5.41) is 15.3. The number of imidazole rings is 1. The highest BCUT2D eigenvalue weighted by Crippen LogP contribution is 2.51. The summed E-state index contributed by atoms with van der Waals surface area (Å²) in [6, 6.07) is 21.4. The molecule has 0 spiro atoms. The summed E-state index contributed by atoms with van der Waals surface area (Å²) in [5.41, 5.74) is 3.22. The summed E-state index contributed by atoms with van der Waals surface area (Å²) < 4.78 is 2.35. The van der Waals surface area contributed by atoms with Crippen molar-refractivity contribution < 1.29 is 4.79 Å². The maximum atomic E-state index is 12.6. The van der Waals surface area contributed by atoms with E-state index < -0.39 is 0 Å². The molecule has 2 N–H and O–H groups in total. The van der Waals surface area contributed by atoms with Gasteiger partial charge in [0, 0.05) is 68.7 Å². The zero-order valence-electron chi connectivity index (χ0n) is 25.6. The van der Waals surface area contributed by atoms with Crippen LogP contribution in [0.4, 0.5) is 10.5 Å². The van der Waals surface area contributed by atoms with Crippen molar-refractivity contribution in [2.24, 2.45) is 17.8 Å². The summed E-state index contributed by atoms with van der Waals surface area (Å²) in [6.45, 7) is 8.50. The van der Waals surface area contributed by atoms with Crippen LogP contribution < -0.4 is 15.5 Å². The molecule has 2 aromatic carbocycles.